The second-order valence-electron chi connectivity index (χ2n) is 6.43. The third-order valence-corrected chi connectivity index (χ3v) is 4.70. The van der Waals surface area contributed by atoms with Gasteiger partial charge in [-0.25, -0.2) is 4.68 Å². The van der Waals surface area contributed by atoms with Crippen molar-refractivity contribution in [3.8, 4) is 5.69 Å². The molecule has 0 radical (unpaired) electrons. The number of likely N-dealkylation sites (tertiary alicyclic amines) is 1. The molecular formula is C19H21N5O. The van der Waals surface area contributed by atoms with E-state index in [1.807, 2.05) is 60.7 Å². The quantitative estimate of drug-likeness (QED) is 0.739. The van der Waals surface area contributed by atoms with Gasteiger partial charge in [0.15, 0.2) is 0 Å². The number of benzene rings is 1. The lowest BCUT2D eigenvalue weighted by Crippen LogP contribution is -2.38. The minimum Gasteiger partial charge on any atom is -0.330 e. The molecule has 128 valence electrons. The van der Waals surface area contributed by atoms with Gasteiger partial charge in [-0.3, -0.25) is 9.48 Å². The number of piperidine rings is 1. The first-order valence-corrected chi connectivity index (χ1v) is 8.63. The van der Waals surface area contributed by atoms with Crippen molar-refractivity contribution in [2.45, 2.75) is 25.3 Å². The van der Waals surface area contributed by atoms with Crippen molar-refractivity contribution in [2.75, 3.05) is 6.54 Å². The second-order valence-corrected chi connectivity index (χ2v) is 6.43. The summed E-state index contributed by atoms with van der Waals surface area (Å²) in [6, 6.07) is 11.6. The van der Waals surface area contributed by atoms with Gasteiger partial charge in [0.25, 0.3) is 5.91 Å². The summed E-state index contributed by atoms with van der Waals surface area (Å²) in [5.41, 5.74) is 2.55. The highest BCUT2D eigenvalue weighted by molar-refractivity contribution is 5.95. The molecular weight excluding hydrogens is 314 g/mol. The standard InChI is InChI=1S/C19H21N5O/c1-22-13-9-17(21-22)18-8-2-3-11-23(18)19(25)15-6-4-7-16(14-15)24-12-5-10-20-24/h4-7,9-10,12-14,18H,2-3,8,11H2,1H3/t18-/m0/s1. The van der Waals surface area contributed by atoms with E-state index in [1.54, 1.807) is 15.6 Å². The van der Waals surface area contributed by atoms with E-state index in [1.165, 1.54) is 0 Å². The molecule has 25 heavy (non-hydrogen) atoms. The van der Waals surface area contributed by atoms with Crippen molar-refractivity contribution >= 4 is 5.91 Å². The van der Waals surface area contributed by atoms with Crippen LogP contribution in [0.25, 0.3) is 5.69 Å². The predicted molar refractivity (Wildman–Crippen MR) is 94.4 cm³/mol. The van der Waals surface area contributed by atoms with Crippen molar-refractivity contribution < 1.29 is 4.79 Å². The molecule has 0 spiro atoms. The van der Waals surface area contributed by atoms with Crippen molar-refractivity contribution in [2.24, 2.45) is 7.05 Å². The molecule has 2 aromatic heterocycles. The molecule has 1 aromatic carbocycles. The van der Waals surface area contributed by atoms with E-state index in [0.29, 0.717) is 5.56 Å². The average molecular weight is 335 g/mol. The molecule has 0 bridgehead atoms. The number of carbonyl (C=O) groups excluding carboxylic acids is 1. The summed E-state index contributed by atoms with van der Waals surface area (Å²) in [5, 5.41) is 8.77. The van der Waals surface area contributed by atoms with E-state index in [9.17, 15) is 4.79 Å². The third kappa shape index (κ3) is 3.07. The zero-order chi connectivity index (χ0) is 17.2. The molecule has 6 nitrogen and oxygen atoms in total. The Morgan fingerprint density at radius 1 is 1.16 bits per heavy atom. The van der Waals surface area contributed by atoms with Crippen molar-refractivity contribution in [3.63, 3.8) is 0 Å². The molecule has 0 saturated carbocycles. The van der Waals surface area contributed by atoms with Gasteiger partial charge in [-0.05, 0) is 49.6 Å². The largest absolute Gasteiger partial charge is 0.330 e. The number of hydrogen-bond acceptors (Lipinski definition) is 3. The van der Waals surface area contributed by atoms with Crippen LogP contribution in [-0.4, -0.2) is 36.9 Å². The molecule has 1 amide bonds. The molecule has 1 aliphatic rings. The Balaban J connectivity index is 1.63. The maximum Gasteiger partial charge on any atom is 0.254 e. The maximum atomic E-state index is 13.2. The molecule has 1 aliphatic heterocycles. The average Bonchev–Trinajstić information content (AvgIpc) is 3.33. The van der Waals surface area contributed by atoms with E-state index in [-0.39, 0.29) is 11.9 Å². The lowest BCUT2D eigenvalue weighted by atomic mass is 9.98. The Labute approximate surface area is 146 Å². The third-order valence-electron chi connectivity index (χ3n) is 4.70. The number of rotatable bonds is 3. The van der Waals surface area contributed by atoms with E-state index in [0.717, 1.165) is 37.2 Å². The van der Waals surface area contributed by atoms with Gasteiger partial charge in [0.05, 0.1) is 17.4 Å². The van der Waals surface area contributed by atoms with Crippen LogP contribution in [0, 0.1) is 0 Å². The van der Waals surface area contributed by atoms with Crippen LogP contribution in [0.2, 0.25) is 0 Å². The first-order chi connectivity index (χ1) is 12.2. The van der Waals surface area contributed by atoms with Gasteiger partial charge < -0.3 is 4.90 Å². The van der Waals surface area contributed by atoms with Gasteiger partial charge in [-0.1, -0.05) is 6.07 Å². The zero-order valence-electron chi connectivity index (χ0n) is 14.2. The van der Waals surface area contributed by atoms with Crippen LogP contribution in [0.1, 0.15) is 41.4 Å². The fourth-order valence-corrected chi connectivity index (χ4v) is 3.46. The summed E-state index contributed by atoms with van der Waals surface area (Å²) >= 11 is 0. The van der Waals surface area contributed by atoms with E-state index in [2.05, 4.69) is 10.2 Å². The lowest BCUT2D eigenvalue weighted by molar-refractivity contribution is 0.0605. The highest BCUT2D eigenvalue weighted by Crippen LogP contribution is 2.31. The number of amides is 1. The lowest BCUT2D eigenvalue weighted by Gasteiger charge is -2.35. The zero-order valence-corrected chi connectivity index (χ0v) is 14.2. The first-order valence-electron chi connectivity index (χ1n) is 8.63. The Hall–Kier alpha value is -2.89. The second kappa shape index (κ2) is 6.55. The van der Waals surface area contributed by atoms with Gasteiger partial charge in [-0.2, -0.15) is 10.2 Å². The molecule has 0 aliphatic carbocycles. The minimum atomic E-state index is 0.0517. The number of hydrogen-bond donors (Lipinski definition) is 0. The molecule has 3 aromatic rings. The van der Waals surface area contributed by atoms with Gasteiger partial charge in [-0.15, -0.1) is 0 Å². The van der Waals surface area contributed by atoms with Crippen LogP contribution in [-0.2, 0) is 7.05 Å². The normalized spacial score (nSPS) is 17.6. The molecule has 1 saturated heterocycles. The summed E-state index contributed by atoms with van der Waals surface area (Å²) in [6.07, 6.45) is 8.66. The minimum absolute atomic E-state index is 0.0517. The van der Waals surface area contributed by atoms with E-state index < -0.39 is 0 Å². The highest BCUT2D eigenvalue weighted by Gasteiger charge is 2.30. The fraction of sp³-hybridized carbons (Fsp3) is 0.316. The predicted octanol–water partition coefficient (Wildman–Crippen LogP) is 2.97. The van der Waals surface area contributed by atoms with E-state index >= 15 is 0 Å². The molecule has 6 heteroatoms. The maximum absolute atomic E-state index is 13.2. The highest BCUT2D eigenvalue weighted by atomic mass is 16.2. The monoisotopic (exact) mass is 335 g/mol. The van der Waals surface area contributed by atoms with Gasteiger partial charge in [0.2, 0.25) is 0 Å². The molecule has 4 rings (SSSR count). The summed E-state index contributed by atoms with van der Waals surface area (Å²) in [4.78, 5) is 15.1. The van der Waals surface area contributed by atoms with Crippen LogP contribution < -0.4 is 0 Å². The number of nitrogens with zero attached hydrogens (tertiary/aromatic N) is 5. The number of aromatic nitrogens is 4. The Morgan fingerprint density at radius 3 is 2.84 bits per heavy atom. The van der Waals surface area contributed by atoms with Crippen molar-refractivity contribution in [3.05, 3.63) is 66.2 Å². The van der Waals surface area contributed by atoms with Crippen LogP contribution in [0.3, 0.4) is 0 Å². The number of aryl methyl sites for hydroxylation is 1. The Morgan fingerprint density at radius 2 is 2.08 bits per heavy atom. The molecule has 1 fully saturated rings. The van der Waals surface area contributed by atoms with Crippen LogP contribution >= 0.6 is 0 Å². The summed E-state index contributed by atoms with van der Waals surface area (Å²) < 4.78 is 3.56. The van der Waals surface area contributed by atoms with Gasteiger partial charge >= 0.3 is 0 Å². The van der Waals surface area contributed by atoms with E-state index in [4.69, 9.17) is 0 Å². The Bertz CT molecular complexity index is 868. The summed E-state index contributed by atoms with van der Waals surface area (Å²) in [7, 11) is 1.91. The van der Waals surface area contributed by atoms with Crippen LogP contribution in [0.4, 0.5) is 0 Å². The first kappa shape index (κ1) is 15.6. The summed E-state index contributed by atoms with van der Waals surface area (Å²) in [6.45, 7) is 0.770. The molecule has 1 atom stereocenters. The molecule has 0 unspecified atom stereocenters. The SMILES string of the molecule is Cn1ccc([C@@H]2CCCCN2C(=O)c2cccc(-n3cccn3)c2)n1. The van der Waals surface area contributed by atoms with Crippen molar-refractivity contribution in [1.82, 2.24) is 24.5 Å². The molecule has 3 heterocycles. The Kier molecular flexibility index (Phi) is 4.09. The fourth-order valence-electron chi connectivity index (χ4n) is 3.46. The van der Waals surface area contributed by atoms with Gasteiger partial charge in [0.1, 0.15) is 0 Å². The summed E-state index contributed by atoms with van der Waals surface area (Å²) in [5.74, 6) is 0.0596. The van der Waals surface area contributed by atoms with Gasteiger partial charge in [0, 0.05) is 37.7 Å². The smallest absolute Gasteiger partial charge is 0.254 e. The molecule has 0 N–H and O–H groups in total. The number of carbonyl (C=O) groups is 1. The van der Waals surface area contributed by atoms with Crippen molar-refractivity contribution in [1.29, 1.82) is 0 Å². The van der Waals surface area contributed by atoms with Crippen LogP contribution in [0.5, 0.6) is 0 Å². The van der Waals surface area contributed by atoms with Crippen LogP contribution in [0.15, 0.2) is 55.0 Å². The topological polar surface area (TPSA) is 56.0 Å².